The Morgan fingerprint density at radius 1 is 1.15 bits per heavy atom. The average Bonchev–Trinajstić information content (AvgIpc) is 3.02. The highest BCUT2D eigenvalue weighted by Gasteiger charge is 2.20. The number of carbonyl (C=O) groups excluding carboxylic acids is 2. The van der Waals surface area contributed by atoms with E-state index >= 15 is 0 Å². The molecule has 1 aliphatic heterocycles. The van der Waals surface area contributed by atoms with E-state index in [1.807, 2.05) is 12.1 Å². The topological polar surface area (TPSA) is 49.4 Å². The quantitative estimate of drug-likeness (QED) is 0.888. The highest BCUT2D eigenvalue weighted by Crippen LogP contribution is 2.18. The molecule has 6 heteroatoms. The Hall–Kier alpha value is -2.76. The van der Waals surface area contributed by atoms with Gasteiger partial charge in [-0.3, -0.25) is 9.59 Å². The molecule has 2 amide bonds. The molecule has 0 bridgehead atoms. The normalized spacial score (nSPS) is 15.2. The summed E-state index contributed by atoms with van der Waals surface area (Å²) in [5, 5.41) is 2.77. The summed E-state index contributed by atoms with van der Waals surface area (Å²) < 4.78 is 26.3. The van der Waals surface area contributed by atoms with Crippen molar-refractivity contribution in [2.24, 2.45) is 0 Å². The number of nitrogens with one attached hydrogen (secondary N) is 1. The molecule has 1 saturated heterocycles. The molecule has 2 aromatic carbocycles. The van der Waals surface area contributed by atoms with Crippen LogP contribution in [0.3, 0.4) is 0 Å². The van der Waals surface area contributed by atoms with E-state index in [1.165, 1.54) is 6.07 Å². The Balaban J connectivity index is 1.62. The molecule has 4 nitrogen and oxygen atoms in total. The number of hydrogen-bond acceptors (Lipinski definition) is 2. The summed E-state index contributed by atoms with van der Waals surface area (Å²) in [6.45, 7) is 3.02. The zero-order valence-electron chi connectivity index (χ0n) is 14.5. The van der Waals surface area contributed by atoms with E-state index in [-0.39, 0.29) is 11.8 Å². The Labute approximate surface area is 150 Å². The zero-order chi connectivity index (χ0) is 18.7. The number of rotatable bonds is 5. The molecule has 1 fully saturated rings. The number of carbonyl (C=O) groups is 2. The number of hydrogen-bond donors (Lipinski definition) is 1. The van der Waals surface area contributed by atoms with Gasteiger partial charge in [0.25, 0.3) is 5.91 Å². The maximum Gasteiger partial charge on any atom is 0.251 e. The van der Waals surface area contributed by atoms with Gasteiger partial charge < -0.3 is 10.2 Å². The van der Waals surface area contributed by atoms with E-state index in [2.05, 4.69) is 5.32 Å². The molecule has 0 unspecified atom stereocenters. The minimum absolute atomic E-state index is 0.159. The van der Waals surface area contributed by atoms with Gasteiger partial charge >= 0.3 is 0 Å². The van der Waals surface area contributed by atoms with Crippen molar-refractivity contribution < 1.29 is 18.4 Å². The van der Waals surface area contributed by atoms with Crippen LogP contribution < -0.4 is 5.32 Å². The third-order valence-electron chi connectivity index (χ3n) is 4.55. The molecule has 136 valence electrons. The predicted octanol–water partition coefficient (Wildman–Crippen LogP) is 3.58. The summed E-state index contributed by atoms with van der Waals surface area (Å²) in [5.41, 5.74) is 1.92. The summed E-state index contributed by atoms with van der Waals surface area (Å²) in [5.74, 6) is -2.00. The van der Waals surface area contributed by atoms with Gasteiger partial charge in [-0.1, -0.05) is 18.2 Å². The fourth-order valence-corrected chi connectivity index (χ4v) is 3.00. The lowest BCUT2D eigenvalue weighted by Crippen LogP contribution is -2.27. The third-order valence-corrected chi connectivity index (χ3v) is 4.55. The van der Waals surface area contributed by atoms with E-state index in [1.54, 1.807) is 24.0 Å². The highest BCUT2D eigenvalue weighted by atomic mass is 19.2. The molecular formula is C20H20F2N2O2. The lowest BCUT2D eigenvalue weighted by molar-refractivity contribution is -0.128. The Morgan fingerprint density at radius 2 is 1.88 bits per heavy atom. The van der Waals surface area contributed by atoms with Gasteiger partial charge in [-0.15, -0.1) is 0 Å². The van der Waals surface area contributed by atoms with Crippen LogP contribution in [0.1, 0.15) is 47.3 Å². The van der Waals surface area contributed by atoms with Crippen molar-refractivity contribution in [2.75, 3.05) is 6.54 Å². The molecule has 0 aliphatic carbocycles. The van der Waals surface area contributed by atoms with Gasteiger partial charge in [0.1, 0.15) is 0 Å². The molecule has 0 radical (unpaired) electrons. The second-order valence-corrected chi connectivity index (χ2v) is 6.48. The van der Waals surface area contributed by atoms with Gasteiger partial charge in [0.2, 0.25) is 5.91 Å². The van der Waals surface area contributed by atoms with Gasteiger partial charge in [-0.25, -0.2) is 8.78 Å². The molecule has 1 heterocycles. The van der Waals surface area contributed by atoms with Crippen molar-refractivity contribution in [3.8, 4) is 0 Å². The van der Waals surface area contributed by atoms with Gasteiger partial charge in [0, 0.05) is 25.1 Å². The van der Waals surface area contributed by atoms with Gasteiger partial charge in [-0.2, -0.15) is 0 Å². The van der Waals surface area contributed by atoms with Gasteiger partial charge in [-0.05, 0) is 48.7 Å². The van der Waals surface area contributed by atoms with Crippen LogP contribution in [-0.2, 0) is 11.3 Å². The van der Waals surface area contributed by atoms with Crippen molar-refractivity contribution in [3.63, 3.8) is 0 Å². The summed E-state index contributed by atoms with van der Waals surface area (Å²) in [4.78, 5) is 25.8. The van der Waals surface area contributed by atoms with E-state index in [9.17, 15) is 18.4 Å². The first-order chi connectivity index (χ1) is 12.4. The number of halogens is 2. The lowest BCUT2D eigenvalue weighted by Gasteiger charge is -2.16. The molecule has 0 spiro atoms. The van der Waals surface area contributed by atoms with Gasteiger partial charge in [0.05, 0.1) is 6.04 Å². The van der Waals surface area contributed by atoms with Crippen LogP contribution in [0.5, 0.6) is 0 Å². The fourth-order valence-electron chi connectivity index (χ4n) is 3.00. The Morgan fingerprint density at radius 3 is 2.50 bits per heavy atom. The number of amides is 2. The Kier molecular flexibility index (Phi) is 5.30. The average molecular weight is 358 g/mol. The first-order valence-electron chi connectivity index (χ1n) is 8.56. The number of likely N-dealkylation sites (tertiary alicyclic amines) is 1. The standard InChI is InChI=1S/C20H20F2N2O2/c1-13(16-8-9-17(21)18(22)11-16)23-20(26)15-6-4-14(5-7-15)12-24-10-2-3-19(24)25/h4-9,11,13H,2-3,10,12H2,1H3,(H,23,26)/t13-/m1/s1. The second-order valence-electron chi connectivity index (χ2n) is 6.48. The van der Waals surface area contributed by atoms with Crippen molar-refractivity contribution in [3.05, 3.63) is 70.8 Å². The summed E-state index contributed by atoms with van der Waals surface area (Å²) in [7, 11) is 0. The minimum Gasteiger partial charge on any atom is -0.346 e. The van der Waals surface area contributed by atoms with Crippen LogP contribution in [0, 0.1) is 11.6 Å². The van der Waals surface area contributed by atoms with Crippen LogP contribution in [0.15, 0.2) is 42.5 Å². The second kappa shape index (κ2) is 7.64. The number of benzene rings is 2. The largest absolute Gasteiger partial charge is 0.346 e. The molecule has 26 heavy (non-hydrogen) atoms. The highest BCUT2D eigenvalue weighted by molar-refractivity contribution is 5.94. The van der Waals surface area contributed by atoms with Crippen molar-refractivity contribution in [1.29, 1.82) is 0 Å². The third kappa shape index (κ3) is 4.07. The molecule has 1 atom stereocenters. The minimum atomic E-state index is -0.940. The summed E-state index contributed by atoms with van der Waals surface area (Å²) in [6.07, 6.45) is 1.49. The first kappa shape index (κ1) is 18.0. The SMILES string of the molecule is C[C@@H](NC(=O)c1ccc(CN2CCCC2=O)cc1)c1ccc(F)c(F)c1. The smallest absolute Gasteiger partial charge is 0.251 e. The van der Waals surface area contributed by atoms with Crippen LogP contribution in [0.4, 0.5) is 8.78 Å². The zero-order valence-corrected chi connectivity index (χ0v) is 14.5. The van der Waals surface area contributed by atoms with Crippen LogP contribution in [-0.4, -0.2) is 23.3 Å². The van der Waals surface area contributed by atoms with E-state index in [0.29, 0.717) is 24.1 Å². The van der Waals surface area contributed by atoms with E-state index in [0.717, 1.165) is 30.7 Å². The van der Waals surface area contributed by atoms with Crippen LogP contribution in [0.25, 0.3) is 0 Å². The molecule has 0 saturated carbocycles. The van der Waals surface area contributed by atoms with E-state index in [4.69, 9.17) is 0 Å². The summed E-state index contributed by atoms with van der Waals surface area (Å²) in [6, 6.07) is 10.1. The monoisotopic (exact) mass is 358 g/mol. The molecule has 3 rings (SSSR count). The van der Waals surface area contributed by atoms with Crippen molar-refractivity contribution in [1.82, 2.24) is 10.2 Å². The van der Waals surface area contributed by atoms with Crippen LogP contribution >= 0.6 is 0 Å². The van der Waals surface area contributed by atoms with Crippen LogP contribution in [0.2, 0.25) is 0 Å². The van der Waals surface area contributed by atoms with Gasteiger partial charge in [0.15, 0.2) is 11.6 Å². The fraction of sp³-hybridized carbons (Fsp3) is 0.300. The maximum atomic E-state index is 13.3. The Bertz CT molecular complexity index is 821. The summed E-state index contributed by atoms with van der Waals surface area (Å²) >= 11 is 0. The molecule has 1 aliphatic rings. The molecular weight excluding hydrogens is 338 g/mol. The maximum absolute atomic E-state index is 13.3. The first-order valence-corrected chi connectivity index (χ1v) is 8.56. The molecule has 2 aromatic rings. The molecule has 0 aromatic heterocycles. The lowest BCUT2D eigenvalue weighted by atomic mass is 10.1. The molecule has 1 N–H and O–H groups in total. The van der Waals surface area contributed by atoms with Crippen molar-refractivity contribution >= 4 is 11.8 Å². The van der Waals surface area contributed by atoms with Crippen molar-refractivity contribution in [2.45, 2.75) is 32.4 Å². The predicted molar refractivity (Wildman–Crippen MR) is 93.3 cm³/mol. The van der Waals surface area contributed by atoms with E-state index < -0.39 is 17.7 Å². The number of nitrogens with zero attached hydrogens (tertiary/aromatic N) is 1.